The molecule has 0 aliphatic heterocycles. The third-order valence-corrected chi connectivity index (χ3v) is 0.635. The van der Waals surface area contributed by atoms with E-state index < -0.39 is 0 Å². The molecule has 0 bridgehead atoms. The minimum atomic E-state index is -0.333. The molecule has 0 heterocycles. The van der Waals surface area contributed by atoms with Gasteiger partial charge in [0.2, 0.25) is 0 Å². The van der Waals surface area contributed by atoms with Crippen molar-refractivity contribution in [2.45, 2.75) is 13.1 Å². The van der Waals surface area contributed by atoms with Crippen molar-refractivity contribution in [1.82, 2.24) is 5.43 Å². The fraction of sp³-hybridized carbons (Fsp3) is 0.500. The first-order valence-corrected chi connectivity index (χ1v) is 2.32. The predicted octanol–water partition coefficient (Wildman–Crippen LogP) is -1.40. The van der Waals surface area contributed by atoms with E-state index in [1.165, 1.54) is 0 Å². The number of rotatable bonds is 2. The number of allylic oxidation sites excluding steroid dienone is 1. The van der Waals surface area contributed by atoms with Gasteiger partial charge in [-0.1, -0.05) is 0 Å². The van der Waals surface area contributed by atoms with E-state index in [4.69, 9.17) is 17.3 Å². The van der Waals surface area contributed by atoms with E-state index >= 15 is 0 Å². The topological polar surface area (TPSA) is 90.1 Å². The largest absolute Gasteiger partial charge is 0.402 e. The standard InChI is InChI=1S/C4H12N4/c1-3(5)2-4(6)8-7/h2,4,8H,5-7H2,1H3. The summed E-state index contributed by atoms with van der Waals surface area (Å²) in [6, 6.07) is 0. The third-order valence-electron chi connectivity index (χ3n) is 0.635. The van der Waals surface area contributed by atoms with Crippen molar-refractivity contribution in [1.29, 1.82) is 0 Å². The molecular formula is C4H12N4. The van der Waals surface area contributed by atoms with Crippen LogP contribution in [0.15, 0.2) is 11.8 Å². The van der Waals surface area contributed by atoms with E-state index in [1.807, 2.05) is 0 Å². The van der Waals surface area contributed by atoms with Crippen molar-refractivity contribution in [2.75, 3.05) is 0 Å². The molecule has 0 aromatic carbocycles. The van der Waals surface area contributed by atoms with Crippen LogP contribution in [0.1, 0.15) is 6.92 Å². The van der Waals surface area contributed by atoms with Gasteiger partial charge in [0, 0.05) is 5.70 Å². The molecule has 0 aliphatic carbocycles. The van der Waals surface area contributed by atoms with Crippen LogP contribution in [-0.2, 0) is 0 Å². The fourth-order valence-electron chi connectivity index (χ4n) is 0.331. The molecule has 0 rings (SSSR count). The molecule has 0 aromatic rings. The van der Waals surface area contributed by atoms with Crippen LogP contribution in [-0.4, -0.2) is 6.17 Å². The summed E-state index contributed by atoms with van der Waals surface area (Å²) in [5.74, 6) is 4.95. The van der Waals surface area contributed by atoms with Gasteiger partial charge in [0.25, 0.3) is 0 Å². The quantitative estimate of drug-likeness (QED) is 0.203. The maximum atomic E-state index is 5.28. The van der Waals surface area contributed by atoms with Gasteiger partial charge in [-0.3, -0.25) is 5.84 Å². The summed E-state index contributed by atoms with van der Waals surface area (Å²) in [5.41, 5.74) is 13.5. The summed E-state index contributed by atoms with van der Waals surface area (Å²) in [6.45, 7) is 1.75. The highest BCUT2D eigenvalue weighted by Gasteiger charge is 1.88. The van der Waals surface area contributed by atoms with Crippen LogP contribution in [0.4, 0.5) is 0 Å². The van der Waals surface area contributed by atoms with Crippen LogP contribution in [0.25, 0.3) is 0 Å². The lowest BCUT2D eigenvalue weighted by Crippen LogP contribution is -2.40. The van der Waals surface area contributed by atoms with Gasteiger partial charge in [-0.2, -0.15) is 0 Å². The van der Waals surface area contributed by atoms with E-state index in [1.54, 1.807) is 13.0 Å². The molecule has 0 saturated heterocycles. The zero-order valence-electron chi connectivity index (χ0n) is 4.89. The molecule has 48 valence electrons. The predicted molar refractivity (Wildman–Crippen MR) is 33.2 cm³/mol. The molecule has 4 heteroatoms. The molecule has 0 aliphatic rings. The second kappa shape index (κ2) is 3.43. The number of nitrogens with one attached hydrogen (secondary N) is 1. The smallest absolute Gasteiger partial charge is 0.0885 e. The van der Waals surface area contributed by atoms with Gasteiger partial charge >= 0.3 is 0 Å². The molecule has 0 fully saturated rings. The highest BCUT2D eigenvalue weighted by molar-refractivity contribution is 4.96. The van der Waals surface area contributed by atoms with Gasteiger partial charge in [0.1, 0.15) is 0 Å². The summed E-state index contributed by atoms with van der Waals surface area (Å²) < 4.78 is 0. The van der Waals surface area contributed by atoms with Gasteiger partial charge < -0.3 is 11.5 Å². The summed E-state index contributed by atoms with van der Waals surface area (Å²) >= 11 is 0. The average molecular weight is 116 g/mol. The Morgan fingerprint density at radius 2 is 2.25 bits per heavy atom. The Balaban J connectivity index is 3.51. The maximum Gasteiger partial charge on any atom is 0.0885 e. The Hall–Kier alpha value is -0.580. The van der Waals surface area contributed by atoms with Crippen molar-refractivity contribution in [3.63, 3.8) is 0 Å². The fourth-order valence-corrected chi connectivity index (χ4v) is 0.331. The summed E-state index contributed by atoms with van der Waals surface area (Å²) in [5, 5.41) is 0. The normalized spacial score (nSPS) is 16.1. The molecule has 7 N–H and O–H groups in total. The van der Waals surface area contributed by atoms with Crippen molar-refractivity contribution in [3.8, 4) is 0 Å². The van der Waals surface area contributed by atoms with Crippen LogP contribution in [0.2, 0.25) is 0 Å². The second-order valence-corrected chi connectivity index (χ2v) is 1.60. The highest BCUT2D eigenvalue weighted by Crippen LogP contribution is 1.78. The molecule has 4 nitrogen and oxygen atoms in total. The third kappa shape index (κ3) is 3.60. The Kier molecular flexibility index (Phi) is 3.18. The second-order valence-electron chi connectivity index (χ2n) is 1.60. The first-order valence-electron chi connectivity index (χ1n) is 2.32. The van der Waals surface area contributed by atoms with E-state index in [2.05, 4.69) is 5.43 Å². The van der Waals surface area contributed by atoms with Gasteiger partial charge in [0.15, 0.2) is 0 Å². The Morgan fingerprint density at radius 3 is 2.38 bits per heavy atom. The molecule has 0 radical (unpaired) electrons. The minimum absolute atomic E-state index is 0.333. The first kappa shape index (κ1) is 7.42. The Morgan fingerprint density at radius 1 is 1.75 bits per heavy atom. The van der Waals surface area contributed by atoms with E-state index in [-0.39, 0.29) is 6.17 Å². The molecule has 1 atom stereocenters. The lowest BCUT2D eigenvalue weighted by Gasteiger charge is -2.02. The van der Waals surface area contributed by atoms with Gasteiger partial charge in [-0.25, -0.2) is 5.43 Å². The number of hydrazine groups is 1. The number of nitrogens with two attached hydrogens (primary N) is 3. The highest BCUT2D eigenvalue weighted by atomic mass is 15.3. The molecule has 0 saturated carbocycles. The minimum Gasteiger partial charge on any atom is -0.402 e. The molecule has 1 unspecified atom stereocenters. The van der Waals surface area contributed by atoms with Gasteiger partial charge in [-0.05, 0) is 13.0 Å². The SMILES string of the molecule is CC(N)=CC(N)NN. The van der Waals surface area contributed by atoms with Crippen LogP contribution in [0.5, 0.6) is 0 Å². The summed E-state index contributed by atoms with van der Waals surface area (Å²) in [7, 11) is 0. The molecule has 0 amide bonds. The average Bonchev–Trinajstić information content (AvgIpc) is 1.65. The van der Waals surface area contributed by atoms with Gasteiger partial charge in [0.05, 0.1) is 6.17 Å². The zero-order chi connectivity index (χ0) is 6.57. The van der Waals surface area contributed by atoms with Crippen molar-refractivity contribution >= 4 is 0 Å². The van der Waals surface area contributed by atoms with Crippen LogP contribution in [0.3, 0.4) is 0 Å². The van der Waals surface area contributed by atoms with Crippen LogP contribution >= 0.6 is 0 Å². The summed E-state index contributed by atoms with van der Waals surface area (Å²) in [4.78, 5) is 0. The van der Waals surface area contributed by atoms with E-state index in [0.717, 1.165) is 0 Å². The van der Waals surface area contributed by atoms with E-state index in [9.17, 15) is 0 Å². The zero-order valence-corrected chi connectivity index (χ0v) is 4.89. The van der Waals surface area contributed by atoms with Crippen molar-refractivity contribution in [3.05, 3.63) is 11.8 Å². The Labute approximate surface area is 48.7 Å². The maximum absolute atomic E-state index is 5.28. The number of hydrogen-bond acceptors (Lipinski definition) is 4. The molecular weight excluding hydrogens is 104 g/mol. The van der Waals surface area contributed by atoms with Crippen LogP contribution < -0.4 is 22.7 Å². The molecule has 0 spiro atoms. The van der Waals surface area contributed by atoms with Gasteiger partial charge in [-0.15, -0.1) is 0 Å². The number of hydrogen-bond donors (Lipinski definition) is 4. The first-order chi connectivity index (χ1) is 3.66. The lowest BCUT2D eigenvalue weighted by atomic mass is 10.4. The van der Waals surface area contributed by atoms with E-state index in [0.29, 0.717) is 5.70 Å². The molecule has 8 heavy (non-hydrogen) atoms. The molecule has 0 aromatic heterocycles. The van der Waals surface area contributed by atoms with Crippen LogP contribution in [0, 0.1) is 0 Å². The Bertz CT molecular complexity index is 84.0. The lowest BCUT2D eigenvalue weighted by molar-refractivity contribution is 0.640. The van der Waals surface area contributed by atoms with Crippen molar-refractivity contribution < 1.29 is 0 Å². The van der Waals surface area contributed by atoms with Crippen molar-refractivity contribution in [2.24, 2.45) is 17.3 Å². The monoisotopic (exact) mass is 116 g/mol. The summed E-state index contributed by atoms with van der Waals surface area (Å²) in [6.07, 6.45) is 1.29.